The van der Waals surface area contributed by atoms with Crippen LogP contribution in [0.25, 0.3) is 0 Å². The van der Waals surface area contributed by atoms with E-state index < -0.39 is 0 Å². The standard InChI is InChI=1S/C21H40OS/c1-3-5-6-7-8-9-10-11-12-13-14-15-16-17-18-19-20-23-21(22)4-2/h4H,2-3,5-20H2,1H3. The number of carbonyl (C=O) groups is 1. The van der Waals surface area contributed by atoms with E-state index in [1.165, 1.54) is 121 Å². The van der Waals surface area contributed by atoms with Crippen molar-refractivity contribution in [2.45, 2.75) is 110 Å². The van der Waals surface area contributed by atoms with Crippen molar-refractivity contribution >= 4 is 16.9 Å². The Kier molecular flexibility index (Phi) is 19.6. The highest BCUT2D eigenvalue weighted by molar-refractivity contribution is 8.14. The molecule has 0 radical (unpaired) electrons. The van der Waals surface area contributed by atoms with E-state index >= 15 is 0 Å². The molecule has 0 spiro atoms. The average molecular weight is 341 g/mol. The molecule has 0 aromatic heterocycles. The van der Waals surface area contributed by atoms with Crippen LogP contribution >= 0.6 is 11.8 Å². The van der Waals surface area contributed by atoms with Crippen molar-refractivity contribution < 1.29 is 4.79 Å². The van der Waals surface area contributed by atoms with Crippen molar-refractivity contribution in [3.05, 3.63) is 12.7 Å². The zero-order valence-corrected chi connectivity index (χ0v) is 16.4. The van der Waals surface area contributed by atoms with Crippen LogP contribution in [0.1, 0.15) is 110 Å². The molecule has 0 aromatic carbocycles. The Hall–Kier alpha value is -0.240. The van der Waals surface area contributed by atoms with Gasteiger partial charge in [-0.15, -0.1) is 0 Å². The molecular weight excluding hydrogens is 300 g/mol. The third-order valence-electron chi connectivity index (χ3n) is 4.41. The van der Waals surface area contributed by atoms with E-state index in [0.717, 1.165) is 5.75 Å². The molecule has 0 atom stereocenters. The fraction of sp³-hybridized carbons (Fsp3) is 0.857. The van der Waals surface area contributed by atoms with Gasteiger partial charge in [0.1, 0.15) is 0 Å². The predicted octanol–water partition coefficient (Wildman–Crippen LogP) is 7.69. The maximum Gasteiger partial charge on any atom is 0.211 e. The van der Waals surface area contributed by atoms with Crippen LogP contribution < -0.4 is 0 Å². The van der Waals surface area contributed by atoms with E-state index in [0.29, 0.717) is 0 Å². The molecule has 0 N–H and O–H groups in total. The SMILES string of the molecule is C=CC(=O)SCCCCCCCCCCCCCCCCCC. The van der Waals surface area contributed by atoms with Crippen LogP contribution in [0.2, 0.25) is 0 Å². The van der Waals surface area contributed by atoms with Gasteiger partial charge in [0.25, 0.3) is 0 Å². The minimum atomic E-state index is 0.117. The number of unbranched alkanes of at least 4 members (excludes halogenated alkanes) is 15. The molecule has 0 aliphatic heterocycles. The zero-order valence-electron chi connectivity index (χ0n) is 15.6. The summed E-state index contributed by atoms with van der Waals surface area (Å²) in [5, 5.41) is 0.117. The lowest BCUT2D eigenvalue weighted by Crippen LogP contribution is -1.88. The topological polar surface area (TPSA) is 17.1 Å². The Morgan fingerprint density at radius 2 is 1.04 bits per heavy atom. The van der Waals surface area contributed by atoms with Crippen LogP contribution in [0.15, 0.2) is 12.7 Å². The largest absolute Gasteiger partial charge is 0.282 e. The summed E-state index contributed by atoms with van der Waals surface area (Å²) in [7, 11) is 0. The summed E-state index contributed by atoms with van der Waals surface area (Å²) in [5.41, 5.74) is 0. The molecule has 0 heterocycles. The molecule has 0 unspecified atom stereocenters. The lowest BCUT2D eigenvalue weighted by molar-refractivity contribution is -0.107. The van der Waals surface area contributed by atoms with Crippen molar-refractivity contribution in [1.82, 2.24) is 0 Å². The molecule has 0 aliphatic carbocycles. The molecule has 0 fully saturated rings. The van der Waals surface area contributed by atoms with Gasteiger partial charge in [0.05, 0.1) is 0 Å². The van der Waals surface area contributed by atoms with Crippen LogP contribution in [-0.2, 0) is 4.79 Å². The van der Waals surface area contributed by atoms with Gasteiger partial charge in [-0.25, -0.2) is 0 Å². The van der Waals surface area contributed by atoms with E-state index in [2.05, 4.69) is 13.5 Å². The summed E-state index contributed by atoms with van der Waals surface area (Å²) in [6.45, 7) is 5.77. The summed E-state index contributed by atoms with van der Waals surface area (Å²) in [6.07, 6.45) is 23.7. The van der Waals surface area contributed by atoms with Gasteiger partial charge >= 0.3 is 0 Å². The number of thioether (sulfide) groups is 1. The van der Waals surface area contributed by atoms with Crippen LogP contribution in [0, 0.1) is 0 Å². The average Bonchev–Trinajstić information content (AvgIpc) is 2.57. The molecule has 0 amide bonds. The van der Waals surface area contributed by atoms with Gasteiger partial charge in [0.15, 0.2) is 0 Å². The molecule has 0 aromatic rings. The van der Waals surface area contributed by atoms with Gasteiger partial charge in [0.2, 0.25) is 5.12 Å². The molecule has 0 aliphatic rings. The highest BCUT2D eigenvalue weighted by atomic mass is 32.2. The molecule has 1 nitrogen and oxygen atoms in total. The van der Waals surface area contributed by atoms with Gasteiger partial charge in [-0.2, -0.15) is 0 Å². The van der Waals surface area contributed by atoms with E-state index in [-0.39, 0.29) is 5.12 Å². The predicted molar refractivity (Wildman–Crippen MR) is 107 cm³/mol. The minimum Gasteiger partial charge on any atom is -0.282 e. The van der Waals surface area contributed by atoms with Crippen molar-refractivity contribution in [2.75, 3.05) is 5.75 Å². The molecule has 0 bridgehead atoms. The van der Waals surface area contributed by atoms with Crippen molar-refractivity contribution in [2.24, 2.45) is 0 Å². The second-order valence-electron chi connectivity index (χ2n) is 6.67. The minimum absolute atomic E-state index is 0.117. The summed E-state index contributed by atoms with van der Waals surface area (Å²) in [6, 6.07) is 0. The van der Waals surface area contributed by atoms with Crippen LogP contribution in [0.3, 0.4) is 0 Å². The molecule has 0 saturated heterocycles. The number of rotatable bonds is 18. The quantitative estimate of drug-likeness (QED) is 0.188. The first-order valence-electron chi connectivity index (χ1n) is 10.1. The zero-order chi connectivity index (χ0) is 17.0. The number of carbonyl (C=O) groups excluding carboxylic acids is 1. The smallest absolute Gasteiger partial charge is 0.211 e. The lowest BCUT2D eigenvalue weighted by Gasteiger charge is -2.03. The monoisotopic (exact) mass is 340 g/mol. The first kappa shape index (κ1) is 22.8. The Balaban J connectivity index is 3.00. The van der Waals surface area contributed by atoms with E-state index in [1.807, 2.05) is 0 Å². The Bertz CT molecular complexity index is 263. The Labute approximate surface area is 150 Å². The van der Waals surface area contributed by atoms with Gasteiger partial charge in [-0.3, -0.25) is 4.79 Å². The first-order valence-corrected chi connectivity index (χ1v) is 11.1. The second kappa shape index (κ2) is 19.8. The lowest BCUT2D eigenvalue weighted by atomic mass is 10.0. The number of hydrogen-bond donors (Lipinski definition) is 0. The van der Waals surface area contributed by atoms with Crippen molar-refractivity contribution in [3.63, 3.8) is 0 Å². The highest BCUT2D eigenvalue weighted by Gasteiger charge is 1.97. The molecular formula is C21H40OS. The summed E-state index contributed by atoms with van der Waals surface area (Å²) < 4.78 is 0. The molecule has 136 valence electrons. The highest BCUT2D eigenvalue weighted by Crippen LogP contribution is 2.14. The summed E-state index contributed by atoms with van der Waals surface area (Å²) in [5.74, 6) is 0.962. The maximum absolute atomic E-state index is 11.0. The fourth-order valence-corrected chi connectivity index (χ4v) is 3.55. The summed E-state index contributed by atoms with van der Waals surface area (Å²) in [4.78, 5) is 11.0. The van der Waals surface area contributed by atoms with Crippen LogP contribution in [-0.4, -0.2) is 10.9 Å². The van der Waals surface area contributed by atoms with Gasteiger partial charge in [-0.05, 0) is 12.5 Å². The maximum atomic E-state index is 11.0. The van der Waals surface area contributed by atoms with E-state index in [4.69, 9.17) is 0 Å². The van der Waals surface area contributed by atoms with Gasteiger partial charge < -0.3 is 0 Å². The van der Waals surface area contributed by atoms with E-state index in [9.17, 15) is 4.79 Å². The molecule has 0 saturated carbocycles. The van der Waals surface area contributed by atoms with Crippen molar-refractivity contribution in [3.8, 4) is 0 Å². The van der Waals surface area contributed by atoms with Gasteiger partial charge in [-0.1, -0.05) is 122 Å². The Morgan fingerprint density at radius 3 is 1.39 bits per heavy atom. The summed E-state index contributed by atoms with van der Waals surface area (Å²) >= 11 is 1.41. The normalized spacial score (nSPS) is 10.8. The van der Waals surface area contributed by atoms with E-state index in [1.54, 1.807) is 0 Å². The number of hydrogen-bond acceptors (Lipinski definition) is 2. The van der Waals surface area contributed by atoms with Crippen molar-refractivity contribution in [1.29, 1.82) is 0 Å². The van der Waals surface area contributed by atoms with Crippen LogP contribution in [0.4, 0.5) is 0 Å². The molecule has 2 heteroatoms. The molecule has 0 rings (SSSR count). The second-order valence-corrected chi connectivity index (χ2v) is 7.77. The molecule has 23 heavy (non-hydrogen) atoms. The third-order valence-corrected chi connectivity index (χ3v) is 5.35. The fourth-order valence-electron chi connectivity index (χ4n) is 2.88. The van der Waals surface area contributed by atoms with Crippen LogP contribution in [0.5, 0.6) is 0 Å². The van der Waals surface area contributed by atoms with Gasteiger partial charge in [0, 0.05) is 5.75 Å². The first-order chi connectivity index (χ1) is 11.3. The third kappa shape index (κ3) is 19.7. The Morgan fingerprint density at radius 1 is 0.696 bits per heavy atom.